The molecule has 1 amide bonds. The fourth-order valence-electron chi connectivity index (χ4n) is 3.88. The highest BCUT2D eigenvalue weighted by Crippen LogP contribution is 2.26. The number of pyridine rings is 1. The Morgan fingerprint density at radius 1 is 1.32 bits per heavy atom. The summed E-state index contributed by atoms with van der Waals surface area (Å²) in [4.78, 5) is 34.1. The largest absolute Gasteiger partial charge is 0.478 e. The van der Waals surface area contributed by atoms with Crippen LogP contribution in [0.15, 0.2) is 16.7 Å². The number of aldehydes is 1. The third-order valence-corrected chi connectivity index (χ3v) is 6.10. The Hall–Kier alpha value is -3.01. The first-order valence-electron chi connectivity index (χ1n) is 11.9. The van der Waals surface area contributed by atoms with Crippen molar-refractivity contribution in [3.63, 3.8) is 0 Å². The molecule has 0 aliphatic carbocycles. The van der Waals surface area contributed by atoms with Gasteiger partial charge in [-0.2, -0.15) is 4.98 Å². The van der Waals surface area contributed by atoms with E-state index in [1.165, 1.54) is 0 Å². The highest BCUT2D eigenvalue weighted by molar-refractivity contribution is 5.95. The third kappa shape index (κ3) is 6.99. The van der Waals surface area contributed by atoms with Gasteiger partial charge in [0.05, 0.1) is 30.4 Å². The minimum atomic E-state index is -0.608. The molecule has 1 aliphatic heterocycles. The van der Waals surface area contributed by atoms with Crippen molar-refractivity contribution < 1.29 is 24.0 Å². The monoisotopic (exact) mass is 473 g/mol. The molecule has 1 saturated heterocycles. The summed E-state index contributed by atoms with van der Waals surface area (Å²) in [5.41, 5.74) is 0.971. The lowest BCUT2D eigenvalue weighted by molar-refractivity contribution is -0.111. The van der Waals surface area contributed by atoms with Crippen LogP contribution in [0.5, 0.6) is 5.88 Å². The molecular weight excluding hydrogens is 438 g/mol. The number of hydrogen-bond donors (Lipinski definition) is 2. The van der Waals surface area contributed by atoms with Crippen molar-refractivity contribution in [3.05, 3.63) is 29.2 Å². The average Bonchev–Trinajstić information content (AvgIpc) is 3.34. The number of carbonyl (C=O) groups is 2. The number of aliphatic hydroxyl groups excluding tert-OH is 1. The number of amides is 1. The third-order valence-electron chi connectivity index (χ3n) is 6.10. The zero-order valence-corrected chi connectivity index (χ0v) is 20.2. The number of anilines is 1. The maximum atomic E-state index is 12.3. The molecule has 1 atom stereocenters. The van der Waals surface area contributed by atoms with Gasteiger partial charge in [0.1, 0.15) is 6.29 Å². The molecule has 2 aromatic heterocycles. The topological polar surface area (TPSA) is 131 Å². The maximum Gasteiger partial charge on any atom is 0.324 e. The van der Waals surface area contributed by atoms with Gasteiger partial charge in [0, 0.05) is 31.6 Å². The second-order valence-electron chi connectivity index (χ2n) is 9.08. The van der Waals surface area contributed by atoms with Crippen LogP contribution in [0.3, 0.4) is 0 Å². The quantitative estimate of drug-likeness (QED) is 0.353. The normalized spacial score (nSPS) is 15.4. The van der Waals surface area contributed by atoms with E-state index in [4.69, 9.17) is 14.4 Å². The van der Waals surface area contributed by atoms with Crippen LogP contribution in [0.1, 0.15) is 67.3 Å². The van der Waals surface area contributed by atoms with E-state index >= 15 is 0 Å². The lowest BCUT2D eigenvalue weighted by Crippen LogP contribution is -2.34. The number of carbonyl (C=O) groups excluding carboxylic acids is 2. The van der Waals surface area contributed by atoms with Gasteiger partial charge in [-0.1, -0.05) is 19.0 Å². The SMILES string of the molecule is Cc1nc(OCCCC2CCN(c3nc(C(C)C)no3)CC2)ccc1C(=O)NCC(C=O)CO. The molecule has 3 heterocycles. The molecule has 10 nitrogen and oxygen atoms in total. The molecule has 2 N–H and O–H groups in total. The van der Waals surface area contributed by atoms with E-state index in [-0.39, 0.29) is 25.0 Å². The second-order valence-corrected chi connectivity index (χ2v) is 9.08. The van der Waals surface area contributed by atoms with Crippen LogP contribution in [0.2, 0.25) is 0 Å². The molecule has 10 heteroatoms. The molecular formula is C24H35N5O5. The van der Waals surface area contributed by atoms with E-state index < -0.39 is 5.92 Å². The van der Waals surface area contributed by atoms with Crippen LogP contribution in [0.25, 0.3) is 0 Å². The molecule has 0 bridgehead atoms. The first-order valence-corrected chi connectivity index (χ1v) is 11.9. The van der Waals surface area contributed by atoms with Crippen molar-refractivity contribution in [2.24, 2.45) is 11.8 Å². The predicted molar refractivity (Wildman–Crippen MR) is 126 cm³/mol. The average molecular weight is 474 g/mol. The summed E-state index contributed by atoms with van der Waals surface area (Å²) in [6, 6.07) is 3.97. The Morgan fingerprint density at radius 2 is 2.09 bits per heavy atom. The minimum absolute atomic E-state index is 0.0867. The van der Waals surface area contributed by atoms with Crippen molar-refractivity contribution in [1.29, 1.82) is 0 Å². The van der Waals surface area contributed by atoms with Crippen LogP contribution >= 0.6 is 0 Å². The molecule has 1 fully saturated rings. The molecule has 0 aromatic carbocycles. The maximum absolute atomic E-state index is 12.3. The fraction of sp³-hybridized carbons (Fsp3) is 0.625. The van der Waals surface area contributed by atoms with E-state index in [1.54, 1.807) is 19.1 Å². The van der Waals surface area contributed by atoms with Gasteiger partial charge >= 0.3 is 6.01 Å². The van der Waals surface area contributed by atoms with Crippen molar-refractivity contribution in [2.45, 2.75) is 52.4 Å². The smallest absolute Gasteiger partial charge is 0.324 e. The van der Waals surface area contributed by atoms with Gasteiger partial charge in [-0.05, 0) is 44.6 Å². The molecule has 3 rings (SSSR count). The van der Waals surface area contributed by atoms with Crippen LogP contribution in [0, 0.1) is 18.8 Å². The van der Waals surface area contributed by atoms with E-state index in [9.17, 15) is 9.59 Å². The van der Waals surface area contributed by atoms with Crippen LogP contribution in [-0.4, -0.2) is 65.3 Å². The number of rotatable bonds is 12. The first kappa shape index (κ1) is 25.6. The van der Waals surface area contributed by atoms with Crippen molar-refractivity contribution >= 4 is 18.2 Å². The fourth-order valence-corrected chi connectivity index (χ4v) is 3.88. The summed E-state index contributed by atoms with van der Waals surface area (Å²) in [7, 11) is 0. The number of nitrogens with zero attached hydrogens (tertiary/aromatic N) is 4. The van der Waals surface area contributed by atoms with Crippen molar-refractivity contribution in [1.82, 2.24) is 20.4 Å². The molecule has 34 heavy (non-hydrogen) atoms. The number of nitrogens with one attached hydrogen (secondary N) is 1. The van der Waals surface area contributed by atoms with Crippen molar-refractivity contribution in [3.8, 4) is 5.88 Å². The molecule has 0 saturated carbocycles. The zero-order valence-electron chi connectivity index (χ0n) is 20.2. The van der Waals surface area contributed by atoms with E-state index in [1.807, 2.05) is 0 Å². The lowest BCUT2D eigenvalue weighted by atomic mass is 9.92. The van der Waals surface area contributed by atoms with E-state index in [2.05, 4.69) is 39.2 Å². The number of aryl methyl sites for hydroxylation is 1. The highest BCUT2D eigenvalue weighted by Gasteiger charge is 2.23. The number of hydrogen-bond acceptors (Lipinski definition) is 9. The molecule has 1 aliphatic rings. The van der Waals surface area contributed by atoms with Gasteiger partial charge in [-0.3, -0.25) is 4.79 Å². The summed E-state index contributed by atoms with van der Waals surface area (Å²) in [5.74, 6) is 1.20. The summed E-state index contributed by atoms with van der Waals surface area (Å²) >= 11 is 0. The number of aliphatic hydroxyl groups is 1. The number of piperidine rings is 1. The Kier molecular flexibility index (Phi) is 9.38. The minimum Gasteiger partial charge on any atom is -0.478 e. The number of ether oxygens (including phenoxy) is 1. The predicted octanol–water partition coefficient (Wildman–Crippen LogP) is 2.51. The number of aromatic nitrogens is 3. The standard InChI is InChI=1S/C24H35N5O5/c1-16(2)22-27-24(34-28-22)29-10-8-18(9-11-29)5-4-12-33-21-7-6-20(17(3)26-21)23(32)25-13-19(14-30)15-31/h6-7,14,16,18-19,31H,4-5,8-13,15H2,1-3H3,(H,25,32). The zero-order chi connectivity index (χ0) is 24.5. The van der Waals surface area contributed by atoms with Crippen LogP contribution in [-0.2, 0) is 4.79 Å². The Morgan fingerprint density at radius 3 is 2.71 bits per heavy atom. The first-order chi connectivity index (χ1) is 16.4. The summed E-state index contributed by atoms with van der Waals surface area (Å²) < 4.78 is 11.2. The van der Waals surface area contributed by atoms with Crippen molar-refractivity contribution in [2.75, 3.05) is 37.7 Å². The van der Waals surface area contributed by atoms with Gasteiger partial charge in [-0.25, -0.2) is 4.98 Å². The van der Waals surface area contributed by atoms with Gasteiger partial charge < -0.3 is 29.4 Å². The lowest BCUT2D eigenvalue weighted by Gasteiger charge is -2.30. The Bertz CT molecular complexity index is 940. The molecule has 0 spiro atoms. The van der Waals surface area contributed by atoms with Gasteiger partial charge in [0.25, 0.3) is 5.91 Å². The summed E-state index contributed by atoms with van der Waals surface area (Å²) in [6.07, 6.45) is 4.81. The molecule has 2 aromatic rings. The molecule has 186 valence electrons. The van der Waals surface area contributed by atoms with Gasteiger partial charge in [0.15, 0.2) is 5.82 Å². The Labute approximate surface area is 200 Å². The van der Waals surface area contributed by atoms with Crippen LogP contribution < -0.4 is 15.0 Å². The molecule has 0 radical (unpaired) electrons. The second kappa shape index (κ2) is 12.5. The van der Waals surface area contributed by atoms with E-state index in [0.29, 0.717) is 42.0 Å². The van der Waals surface area contributed by atoms with Crippen LogP contribution in [0.4, 0.5) is 6.01 Å². The highest BCUT2D eigenvalue weighted by atomic mass is 16.5. The summed E-state index contributed by atoms with van der Waals surface area (Å²) in [6.45, 7) is 8.04. The Balaban J connectivity index is 1.37. The summed E-state index contributed by atoms with van der Waals surface area (Å²) in [5, 5.41) is 15.7. The van der Waals surface area contributed by atoms with Gasteiger partial charge in [-0.15, -0.1) is 0 Å². The molecule has 1 unspecified atom stereocenters. The van der Waals surface area contributed by atoms with Gasteiger partial charge in [0.2, 0.25) is 5.88 Å². The van der Waals surface area contributed by atoms with E-state index in [0.717, 1.165) is 44.6 Å².